The monoisotopic (exact) mass is 366 g/mol. The first-order chi connectivity index (χ1) is 10.1. The average molecular weight is 367 g/mol. The summed E-state index contributed by atoms with van der Waals surface area (Å²) in [6.07, 6.45) is -0.678. The lowest BCUT2D eigenvalue weighted by Gasteiger charge is -2.28. The minimum Gasteiger partial charge on any atom is -0.387 e. The number of nitrogens with zero attached hydrogens (tertiary/aromatic N) is 1. The molecular weight excluding hydrogens is 344 g/mol. The van der Waals surface area contributed by atoms with E-state index in [2.05, 4.69) is 4.72 Å². The van der Waals surface area contributed by atoms with E-state index in [1.165, 1.54) is 23.3 Å². The van der Waals surface area contributed by atoms with Crippen molar-refractivity contribution in [3.8, 4) is 0 Å². The molecule has 1 atom stereocenters. The summed E-state index contributed by atoms with van der Waals surface area (Å²) >= 11 is 2.67. The van der Waals surface area contributed by atoms with Crippen LogP contribution in [0.2, 0.25) is 0 Å². The Labute approximate surface area is 140 Å². The van der Waals surface area contributed by atoms with Gasteiger partial charge in [-0.2, -0.15) is 0 Å². The van der Waals surface area contributed by atoms with Crippen LogP contribution < -0.4 is 4.72 Å². The third-order valence-electron chi connectivity index (χ3n) is 2.90. The van der Waals surface area contributed by atoms with Crippen molar-refractivity contribution in [2.75, 3.05) is 26.8 Å². The van der Waals surface area contributed by atoms with Gasteiger partial charge in [-0.05, 0) is 38.8 Å². The minimum absolute atomic E-state index is 0.243. The molecule has 0 radical (unpaired) electrons. The summed E-state index contributed by atoms with van der Waals surface area (Å²) in [7, 11) is -1.94. The maximum absolute atomic E-state index is 12.4. The molecule has 0 saturated carbocycles. The molecule has 0 aliphatic carbocycles. The van der Waals surface area contributed by atoms with E-state index in [1.807, 2.05) is 4.31 Å². The molecule has 2 rings (SSSR count). The Hall–Kier alpha value is -0.160. The van der Waals surface area contributed by atoms with Gasteiger partial charge < -0.3 is 9.84 Å². The third-order valence-corrected chi connectivity index (χ3v) is 7.54. The van der Waals surface area contributed by atoms with Crippen LogP contribution in [0.15, 0.2) is 14.5 Å². The number of nitrogens with one attached hydrogen (secondary N) is 1. The smallest absolute Gasteiger partial charge is 0.250 e. The molecule has 0 bridgehead atoms. The molecule has 0 fully saturated rings. The van der Waals surface area contributed by atoms with Crippen LogP contribution in [0.3, 0.4) is 0 Å². The number of thiophene rings is 1. The first-order valence-corrected chi connectivity index (χ1v) is 9.97. The molecule has 0 aromatic carbocycles. The first kappa shape index (κ1) is 18.2. The molecule has 0 saturated heterocycles. The summed E-state index contributed by atoms with van der Waals surface area (Å²) in [5.74, 6) is 0. The van der Waals surface area contributed by atoms with Crippen molar-refractivity contribution in [1.29, 1.82) is 0 Å². The van der Waals surface area contributed by atoms with Crippen molar-refractivity contribution in [3.05, 3.63) is 11.6 Å². The van der Waals surface area contributed by atoms with Crippen molar-refractivity contribution < 1.29 is 18.3 Å². The molecule has 1 aliphatic rings. The zero-order valence-corrected chi connectivity index (χ0v) is 15.6. The highest BCUT2D eigenvalue weighted by Crippen LogP contribution is 2.43. The minimum atomic E-state index is -3.57. The van der Waals surface area contributed by atoms with E-state index in [4.69, 9.17) is 4.74 Å². The molecule has 1 aromatic rings. The Kier molecular flexibility index (Phi) is 5.59. The van der Waals surface area contributed by atoms with Crippen molar-refractivity contribution in [1.82, 2.24) is 9.03 Å². The highest BCUT2D eigenvalue weighted by atomic mass is 32.3. The number of aliphatic hydroxyl groups excluding tert-OH is 1. The van der Waals surface area contributed by atoms with Crippen molar-refractivity contribution in [2.45, 2.75) is 40.8 Å². The SMILES string of the molecule is COCCN1CC(O)c2cc(S(=O)(=O)NC(C)(C)C)sc2S1. The van der Waals surface area contributed by atoms with E-state index in [-0.39, 0.29) is 4.21 Å². The number of fused-ring (bicyclic) bond motifs is 1. The van der Waals surface area contributed by atoms with Crippen LogP contribution in [0, 0.1) is 0 Å². The predicted molar refractivity (Wildman–Crippen MR) is 88.7 cm³/mol. The highest BCUT2D eigenvalue weighted by Gasteiger charge is 2.31. The van der Waals surface area contributed by atoms with Crippen LogP contribution in [-0.2, 0) is 14.8 Å². The van der Waals surface area contributed by atoms with E-state index in [1.54, 1.807) is 33.9 Å². The third kappa shape index (κ3) is 4.44. The van der Waals surface area contributed by atoms with Crippen molar-refractivity contribution in [3.63, 3.8) is 0 Å². The molecule has 0 amide bonds. The van der Waals surface area contributed by atoms with Gasteiger partial charge >= 0.3 is 0 Å². The number of hydrogen-bond acceptors (Lipinski definition) is 7. The quantitative estimate of drug-likeness (QED) is 0.774. The standard InChI is InChI=1S/C13H22N2O4S3/c1-13(2,3)14-22(17,18)11-7-9-10(16)8-15(5-6-19-4)21-12(9)20-11/h7,10,14,16H,5-6,8H2,1-4H3. The van der Waals surface area contributed by atoms with Crippen LogP contribution in [-0.4, -0.2) is 50.2 Å². The van der Waals surface area contributed by atoms with E-state index in [0.717, 1.165) is 4.21 Å². The second-order valence-electron chi connectivity index (χ2n) is 6.15. The Morgan fingerprint density at radius 1 is 1.50 bits per heavy atom. The zero-order chi connectivity index (χ0) is 16.5. The zero-order valence-electron chi connectivity index (χ0n) is 13.1. The summed E-state index contributed by atoms with van der Waals surface area (Å²) in [4.78, 5) is 0. The van der Waals surface area contributed by atoms with Crippen LogP contribution in [0.4, 0.5) is 0 Å². The normalized spacial score (nSPS) is 20.1. The lowest BCUT2D eigenvalue weighted by molar-refractivity contribution is 0.126. The summed E-state index contributed by atoms with van der Waals surface area (Å²) in [5, 5.41) is 10.2. The largest absolute Gasteiger partial charge is 0.387 e. The maximum Gasteiger partial charge on any atom is 0.250 e. The Balaban J connectivity index is 2.23. The van der Waals surface area contributed by atoms with Crippen LogP contribution in [0.1, 0.15) is 32.4 Å². The van der Waals surface area contributed by atoms with Gasteiger partial charge in [-0.25, -0.2) is 17.4 Å². The lowest BCUT2D eigenvalue weighted by Crippen LogP contribution is -2.40. The van der Waals surface area contributed by atoms with E-state index in [0.29, 0.717) is 25.3 Å². The summed E-state index contributed by atoms with van der Waals surface area (Å²) in [6.45, 7) is 7.11. The van der Waals surface area contributed by atoms with Crippen LogP contribution in [0.5, 0.6) is 0 Å². The summed E-state index contributed by atoms with van der Waals surface area (Å²) in [6, 6.07) is 1.58. The number of sulfonamides is 1. The van der Waals surface area contributed by atoms with Gasteiger partial charge in [0.1, 0.15) is 4.21 Å². The number of hydrogen-bond donors (Lipinski definition) is 2. The molecule has 0 spiro atoms. The molecule has 6 nitrogen and oxygen atoms in total. The Bertz CT molecular complexity index is 622. The maximum atomic E-state index is 12.4. The van der Waals surface area contributed by atoms with Gasteiger partial charge in [-0.1, -0.05) is 0 Å². The van der Waals surface area contributed by atoms with Gasteiger partial charge in [0, 0.05) is 31.3 Å². The average Bonchev–Trinajstić information content (AvgIpc) is 2.78. The number of β-amino-alcohol motifs (C(OH)–C–C–N with tert-alkyl or cyclic N) is 1. The van der Waals surface area contributed by atoms with Crippen molar-refractivity contribution >= 4 is 33.3 Å². The van der Waals surface area contributed by atoms with E-state index in [9.17, 15) is 13.5 Å². The highest BCUT2D eigenvalue weighted by molar-refractivity contribution is 7.99. The molecule has 9 heteroatoms. The van der Waals surface area contributed by atoms with Gasteiger partial charge in [0.25, 0.3) is 10.0 Å². The molecule has 1 unspecified atom stereocenters. The summed E-state index contributed by atoms with van der Waals surface area (Å²) in [5.41, 5.74) is 0.150. The predicted octanol–water partition coefficient (Wildman–Crippen LogP) is 1.83. The molecule has 2 heterocycles. The molecule has 126 valence electrons. The fourth-order valence-electron chi connectivity index (χ4n) is 2.03. The molecule has 1 aromatic heterocycles. The molecule has 1 aliphatic heterocycles. The second kappa shape index (κ2) is 6.76. The Morgan fingerprint density at radius 2 is 2.18 bits per heavy atom. The topological polar surface area (TPSA) is 78.9 Å². The molecule has 22 heavy (non-hydrogen) atoms. The second-order valence-corrected chi connectivity index (χ2v) is 10.5. The van der Waals surface area contributed by atoms with E-state index >= 15 is 0 Å². The number of rotatable bonds is 5. The Morgan fingerprint density at radius 3 is 2.77 bits per heavy atom. The van der Waals surface area contributed by atoms with Crippen LogP contribution in [0.25, 0.3) is 0 Å². The fourth-order valence-corrected chi connectivity index (χ4v) is 6.52. The van der Waals surface area contributed by atoms with Gasteiger partial charge in [0.05, 0.1) is 16.9 Å². The van der Waals surface area contributed by atoms with Gasteiger partial charge in [0.15, 0.2) is 0 Å². The van der Waals surface area contributed by atoms with Crippen LogP contribution >= 0.6 is 23.3 Å². The number of ether oxygens (including phenoxy) is 1. The molecular formula is C13H22N2O4S3. The first-order valence-electron chi connectivity index (χ1n) is 6.90. The van der Waals surface area contributed by atoms with Gasteiger partial charge in [0.2, 0.25) is 0 Å². The lowest BCUT2D eigenvalue weighted by atomic mass is 10.1. The summed E-state index contributed by atoms with van der Waals surface area (Å²) < 4.78 is 35.5. The van der Waals surface area contributed by atoms with E-state index < -0.39 is 21.7 Å². The fraction of sp³-hybridized carbons (Fsp3) is 0.692. The van der Waals surface area contributed by atoms with Crippen molar-refractivity contribution in [2.24, 2.45) is 0 Å². The van der Waals surface area contributed by atoms with Gasteiger partial charge in [-0.15, -0.1) is 11.3 Å². The number of aliphatic hydroxyl groups is 1. The van der Waals surface area contributed by atoms with Gasteiger partial charge in [-0.3, -0.25) is 0 Å². The number of methoxy groups -OCH3 is 1. The molecule has 2 N–H and O–H groups in total.